The van der Waals surface area contributed by atoms with Crippen LogP contribution in [0.25, 0.3) is 0 Å². The number of hydrogen-bond donors (Lipinski definition) is 0. The van der Waals surface area contributed by atoms with Gasteiger partial charge in [-0.3, -0.25) is 0 Å². The fourth-order valence-corrected chi connectivity index (χ4v) is 1.95. The van der Waals surface area contributed by atoms with Crippen LogP contribution in [0, 0.1) is 0 Å². The third-order valence-corrected chi connectivity index (χ3v) is 3.12. The summed E-state index contributed by atoms with van der Waals surface area (Å²) >= 11 is 3.55. The number of nitrogens with zero attached hydrogens (tertiary/aromatic N) is 1. The highest BCUT2D eigenvalue weighted by Crippen LogP contribution is 2.33. The van der Waals surface area contributed by atoms with Gasteiger partial charge in [-0.1, -0.05) is 15.9 Å². The van der Waals surface area contributed by atoms with E-state index in [2.05, 4.69) is 34.9 Å². The van der Waals surface area contributed by atoms with Gasteiger partial charge in [-0.2, -0.15) is 0 Å². The second-order valence-corrected chi connectivity index (χ2v) is 4.71. The number of rotatable bonds is 5. The normalized spacial score (nSPS) is 10.6. The number of benzene rings is 1. The van der Waals surface area contributed by atoms with Crippen molar-refractivity contribution in [1.29, 1.82) is 0 Å². The summed E-state index contributed by atoms with van der Waals surface area (Å²) in [5.41, 5.74) is 1.23. The Hall–Kier alpha value is -0.740. The topological polar surface area (TPSA) is 21.7 Å². The van der Waals surface area contributed by atoms with Gasteiger partial charge >= 0.3 is 0 Å². The van der Waals surface area contributed by atoms with Crippen molar-refractivity contribution in [3.63, 3.8) is 0 Å². The first-order valence-electron chi connectivity index (χ1n) is 5.13. The van der Waals surface area contributed by atoms with E-state index in [0.29, 0.717) is 0 Å². The number of halogens is 1. The lowest BCUT2D eigenvalue weighted by Crippen LogP contribution is -2.15. The Balaban J connectivity index is 2.92. The molecule has 1 aromatic rings. The van der Waals surface area contributed by atoms with E-state index < -0.39 is 0 Å². The van der Waals surface area contributed by atoms with Gasteiger partial charge in [0, 0.05) is 11.0 Å². The summed E-state index contributed by atoms with van der Waals surface area (Å²) in [6.07, 6.45) is 0.980. The van der Waals surface area contributed by atoms with Gasteiger partial charge in [0.25, 0.3) is 0 Å². The van der Waals surface area contributed by atoms with Crippen LogP contribution in [0.5, 0.6) is 11.5 Å². The van der Waals surface area contributed by atoms with Crippen LogP contribution < -0.4 is 9.47 Å². The fraction of sp³-hybridized carbons (Fsp3) is 0.500. The molecule has 0 heterocycles. The molecular formula is C12H18BrNO2. The molecule has 0 aromatic heterocycles. The summed E-state index contributed by atoms with van der Waals surface area (Å²) < 4.78 is 11.6. The fourth-order valence-electron chi connectivity index (χ4n) is 1.43. The molecule has 0 aliphatic carbocycles. The maximum atomic E-state index is 5.28. The first-order chi connectivity index (χ1) is 7.58. The molecule has 0 aliphatic rings. The molecule has 0 N–H and O–H groups in total. The van der Waals surface area contributed by atoms with E-state index in [1.807, 2.05) is 12.1 Å². The van der Waals surface area contributed by atoms with E-state index in [0.717, 1.165) is 28.9 Å². The molecule has 0 saturated carbocycles. The standard InChI is InChI=1S/C12H18BrNO2/c1-14(2)6-5-9-7-11(15-3)12(16-4)8-10(9)13/h7-8H,5-6H2,1-4H3. The average Bonchev–Trinajstić information content (AvgIpc) is 2.26. The van der Waals surface area contributed by atoms with Gasteiger partial charge < -0.3 is 14.4 Å². The van der Waals surface area contributed by atoms with Crippen LogP contribution in [0.15, 0.2) is 16.6 Å². The lowest BCUT2D eigenvalue weighted by molar-refractivity contribution is 0.353. The van der Waals surface area contributed by atoms with Crippen molar-refractivity contribution in [2.24, 2.45) is 0 Å². The molecule has 1 rings (SSSR count). The van der Waals surface area contributed by atoms with Crippen molar-refractivity contribution in [2.45, 2.75) is 6.42 Å². The van der Waals surface area contributed by atoms with Crippen molar-refractivity contribution < 1.29 is 9.47 Å². The SMILES string of the molecule is COc1cc(Br)c(CCN(C)C)cc1OC. The molecule has 90 valence electrons. The molecule has 0 saturated heterocycles. The van der Waals surface area contributed by atoms with Crippen molar-refractivity contribution >= 4 is 15.9 Å². The van der Waals surface area contributed by atoms with Crippen molar-refractivity contribution in [2.75, 3.05) is 34.9 Å². The summed E-state index contributed by atoms with van der Waals surface area (Å²) in [6.45, 7) is 1.01. The van der Waals surface area contributed by atoms with Crippen LogP contribution in [0.1, 0.15) is 5.56 Å². The highest BCUT2D eigenvalue weighted by molar-refractivity contribution is 9.10. The first kappa shape index (κ1) is 13.3. The van der Waals surface area contributed by atoms with Crippen LogP contribution in [0.4, 0.5) is 0 Å². The number of likely N-dealkylation sites (N-methyl/N-ethyl adjacent to an activating group) is 1. The maximum Gasteiger partial charge on any atom is 0.161 e. The predicted octanol–water partition coefficient (Wildman–Crippen LogP) is 2.57. The Morgan fingerprint density at radius 3 is 2.19 bits per heavy atom. The number of methoxy groups -OCH3 is 2. The number of hydrogen-bond acceptors (Lipinski definition) is 3. The summed E-state index contributed by atoms with van der Waals surface area (Å²) in [5, 5.41) is 0. The quantitative estimate of drug-likeness (QED) is 0.831. The molecule has 0 bridgehead atoms. The Kier molecular flexibility index (Phi) is 5.09. The minimum absolute atomic E-state index is 0.753. The van der Waals surface area contributed by atoms with E-state index in [1.54, 1.807) is 14.2 Å². The minimum atomic E-state index is 0.753. The monoisotopic (exact) mass is 287 g/mol. The third kappa shape index (κ3) is 3.39. The summed E-state index contributed by atoms with van der Waals surface area (Å²) in [4.78, 5) is 2.16. The average molecular weight is 288 g/mol. The Bertz CT molecular complexity index is 353. The Morgan fingerprint density at radius 2 is 1.69 bits per heavy atom. The summed E-state index contributed by atoms with van der Waals surface area (Å²) in [5.74, 6) is 1.53. The Morgan fingerprint density at radius 1 is 1.12 bits per heavy atom. The van der Waals surface area contributed by atoms with Crippen LogP contribution in [0.2, 0.25) is 0 Å². The maximum absolute atomic E-state index is 5.28. The van der Waals surface area contributed by atoms with Crippen LogP contribution in [-0.2, 0) is 6.42 Å². The molecule has 0 aliphatic heterocycles. The minimum Gasteiger partial charge on any atom is -0.493 e. The van der Waals surface area contributed by atoms with Gasteiger partial charge in [-0.15, -0.1) is 0 Å². The molecule has 0 fully saturated rings. The highest BCUT2D eigenvalue weighted by Gasteiger charge is 2.09. The lowest BCUT2D eigenvalue weighted by atomic mass is 10.1. The molecular weight excluding hydrogens is 270 g/mol. The predicted molar refractivity (Wildman–Crippen MR) is 69.5 cm³/mol. The highest BCUT2D eigenvalue weighted by atomic mass is 79.9. The van der Waals surface area contributed by atoms with E-state index in [1.165, 1.54) is 5.56 Å². The molecule has 0 atom stereocenters. The van der Waals surface area contributed by atoms with E-state index in [9.17, 15) is 0 Å². The summed E-state index contributed by atoms with van der Waals surface area (Å²) in [7, 11) is 7.43. The zero-order valence-corrected chi connectivity index (χ0v) is 11.8. The second kappa shape index (κ2) is 6.11. The van der Waals surface area contributed by atoms with Gasteiger partial charge in [0.2, 0.25) is 0 Å². The van der Waals surface area contributed by atoms with Gasteiger partial charge in [0.1, 0.15) is 0 Å². The summed E-state index contributed by atoms with van der Waals surface area (Å²) in [6, 6.07) is 3.97. The lowest BCUT2D eigenvalue weighted by Gasteiger charge is -2.14. The molecule has 0 unspecified atom stereocenters. The molecule has 4 heteroatoms. The molecule has 1 aromatic carbocycles. The van der Waals surface area contributed by atoms with Gasteiger partial charge in [-0.25, -0.2) is 0 Å². The van der Waals surface area contributed by atoms with Crippen molar-refractivity contribution in [3.8, 4) is 11.5 Å². The van der Waals surface area contributed by atoms with Crippen LogP contribution in [0.3, 0.4) is 0 Å². The zero-order valence-electron chi connectivity index (χ0n) is 10.2. The third-order valence-electron chi connectivity index (χ3n) is 2.38. The largest absolute Gasteiger partial charge is 0.493 e. The van der Waals surface area contributed by atoms with Crippen LogP contribution in [-0.4, -0.2) is 39.8 Å². The van der Waals surface area contributed by atoms with Crippen molar-refractivity contribution in [3.05, 3.63) is 22.2 Å². The van der Waals surface area contributed by atoms with E-state index >= 15 is 0 Å². The molecule has 16 heavy (non-hydrogen) atoms. The molecule has 0 amide bonds. The first-order valence-corrected chi connectivity index (χ1v) is 5.93. The van der Waals surface area contributed by atoms with Gasteiger partial charge in [-0.05, 0) is 38.2 Å². The smallest absolute Gasteiger partial charge is 0.161 e. The van der Waals surface area contributed by atoms with E-state index in [-0.39, 0.29) is 0 Å². The van der Waals surface area contributed by atoms with Crippen molar-refractivity contribution in [1.82, 2.24) is 4.90 Å². The number of ether oxygens (including phenoxy) is 2. The van der Waals surface area contributed by atoms with Crippen LogP contribution >= 0.6 is 15.9 Å². The molecule has 3 nitrogen and oxygen atoms in total. The van der Waals surface area contributed by atoms with Gasteiger partial charge in [0.15, 0.2) is 11.5 Å². The second-order valence-electron chi connectivity index (χ2n) is 3.85. The molecule has 0 spiro atoms. The van der Waals surface area contributed by atoms with Gasteiger partial charge in [0.05, 0.1) is 14.2 Å². The Labute approximate surface area is 105 Å². The molecule has 0 radical (unpaired) electrons. The van der Waals surface area contributed by atoms with E-state index in [4.69, 9.17) is 9.47 Å². The zero-order chi connectivity index (χ0) is 12.1.